The molecule has 2 aromatic rings. The third-order valence-corrected chi connectivity index (χ3v) is 2.44. The summed E-state index contributed by atoms with van der Waals surface area (Å²) in [7, 11) is 0. The van der Waals surface area contributed by atoms with Gasteiger partial charge in [-0.15, -0.1) is 0 Å². The molecule has 0 radical (unpaired) electrons. The molecule has 98 valence electrons. The fourth-order valence-corrected chi connectivity index (χ4v) is 1.61. The molecule has 2 rings (SSSR count). The van der Waals surface area contributed by atoms with Gasteiger partial charge in [0.15, 0.2) is 0 Å². The van der Waals surface area contributed by atoms with Crippen LogP contribution in [0.3, 0.4) is 0 Å². The van der Waals surface area contributed by atoms with Crippen molar-refractivity contribution in [2.75, 3.05) is 11.1 Å². The summed E-state index contributed by atoms with van der Waals surface area (Å²) in [6.07, 6.45) is 0. The Balaban J connectivity index is 2.13. The van der Waals surface area contributed by atoms with Gasteiger partial charge in [0.25, 0.3) is 5.69 Å². The highest BCUT2D eigenvalue weighted by atomic mass is 16.6. The first kappa shape index (κ1) is 12.7. The Hall–Kier alpha value is -2.70. The minimum atomic E-state index is -0.506. The molecule has 0 saturated heterocycles. The van der Waals surface area contributed by atoms with Gasteiger partial charge in [-0.1, -0.05) is 6.07 Å². The first-order chi connectivity index (χ1) is 9.04. The van der Waals surface area contributed by atoms with Crippen LogP contribution in [0, 0.1) is 17.0 Å². The van der Waals surface area contributed by atoms with Crippen molar-refractivity contribution in [3.8, 4) is 0 Å². The largest absolute Gasteiger partial charge is 0.383 e. The number of aromatic nitrogens is 2. The molecule has 0 bridgehead atoms. The Morgan fingerprint density at radius 1 is 1.37 bits per heavy atom. The van der Waals surface area contributed by atoms with E-state index in [1.807, 2.05) is 25.1 Å². The van der Waals surface area contributed by atoms with Gasteiger partial charge in [-0.2, -0.15) is 0 Å². The van der Waals surface area contributed by atoms with E-state index in [0.717, 1.165) is 11.4 Å². The molecular weight excluding hydrogens is 246 g/mol. The highest BCUT2D eigenvalue weighted by Crippen LogP contribution is 2.19. The van der Waals surface area contributed by atoms with Crippen LogP contribution in [0.25, 0.3) is 0 Å². The first-order valence-electron chi connectivity index (χ1n) is 5.63. The lowest BCUT2D eigenvalue weighted by Crippen LogP contribution is -2.05. The fourth-order valence-electron chi connectivity index (χ4n) is 1.61. The lowest BCUT2D eigenvalue weighted by Gasteiger charge is -2.06. The summed E-state index contributed by atoms with van der Waals surface area (Å²) < 4.78 is 0. The van der Waals surface area contributed by atoms with Crippen molar-refractivity contribution in [2.24, 2.45) is 0 Å². The zero-order valence-electron chi connectivity index (χ0n) is 10.3. The standard InChI is InChI=1S/C12H13N5O2/c1-8-3-2-4-9(15-8)7-14-12-6-10(17(18)19)5-11(13)16-12/h2-6H,7H2,1H3,(H3,13,14,16). The Bertz CT molecular complexity index is 615. The number of nitrogen functional groups attached to an aromatic ring is 1. The lowest BCUT2D eigenvalue weighted by molar-refractivity contribution is -0.384. The zero-order valence-corrected chi connectivity index (χ0v) is 10.3. The summed E-state index contributed by atoms with van der Waals surface area (Å²) in [5.41, 5.74) is 7.16. The molecule has 7 nitrogen and oxygen atoms in total. The number of nitro groups is 1. The van der Waals surface area contributed by atoms with Crippen molar-refractivity contribution in [3.63, 3.8) is 0 Å². The zero-order chi connectivity index (χ0) is 13.8. The van der Waals surface area contributed by atoms with E-state index in [0.29, 0.717) is 12.4 Å². The lowest BCUT2D eigenvalue weighted by atomic mass is 10.3. The Morgan fingerprint density at radius 3 is 2.84 bits per heavy atom. The maximum absolute atomic E-state index is 10.7. The summed E-state index contributed by atoms with van der Waals surface area (Å²) >= 11 is 0. The van der Waals surface area contributed by atoms with Crippen LogP contribution >= 0.6 is 0 Å². The van der Waals surface area contributed by atoms with Gasteiger partial charge < -0.3 is 11.1 Å². The minimum Gasteiger partial charge on any atom is -0.383 e. The summed E-state index contributed by atoms with van der Waals surface area (Å²) in [5, 5.41) is 13.7. The number of aryl methyl sites for hydroxylation is 1. The number of rotatable bonds is 4. The Labute approximate surface area is 109 Å². The van der Waals surface area contributed by atoms with Gasteiger partial charge in [0, 0.05) is 5.69 Å². The smallest absolute Gasteiger partial charge is 0.276 e. The average molecular weight is 259 g/mol. The predicted molar refractivity (Wildman–Crippen MR) is 71.6 cm³/mol. The number of anilines is 2. The van der Waals surface area contributed by atoms with Gasteiger partial charge in [0.1, 0.15) is 11.6 Å². The molecule has 0 aromatic carbocycles. The molecule has 7 heteroatoms. The fraction of sp³-hybridized carbons (Fsp3) is 0.167. The average Bonchev–Trinajstić information content (AvgIpc) is 2.36. The maximum Gasteiger partial charge on any atom is 0.276 e. The molecule has 0 atom stereocenters. The maximum atomic E-state index is 10.7. The molecule has 0 unspecified atom stereocenters. The van der Waals surface area contributed by atoms with Gasteiger partial charge in [0.05, 0.1) is 29.3 Å². The molecule has 0 saturated carbocycles. The van der Waals surface area contributed by atoms with Crippen molar-refractivity contribution in [3.05, 3.63) is 51.8 Å². The predicted octanol–water partition coefficient (Wildman–Crippen LogP) is 1.89. The van der Waals surface area contributed by atoms with Gasteiger partial charge in [-0.05, 0) is 19.1 Å². The monoisotopic (exact) mass is 259 g/mol. The molecular formula is C12H13N5O2. The van der Waals surface area contributed by atoms with E-state index in [9.17, 15) is 10.1 Å². The third kappa shape index (κ3) is 3.38. The molecule has 0 aliphatic carbocycles. The summed E-state index contributed by atoms with van der Waals surface area (Å²) in [4.78, 5) is 18.5. The molecule has 0 aliphatic rings. The van der Waals surface area contributed by atoms with Crippen molar-refractivity contribution in [1.29, 1.82) is 0 Å². The molecule has 2 heterocycles. The van der Waals surface area contributed by atoms with Crippen molar-refractivity contribution < 1.29 is 4.92 Å². The second-order valence-electron chi connectivity index (χ2n) is 4.02. The number of pyridine rings is 2. The highest BCUT2D eigenvalue weighted by Gasteiger charge is 2.09. The van der Waals surface area contributed by atoms with Crippen LogP contribution in [0.1, 0.15) is 11.4 Å². The highest BCUT2D eigenvalue weighted by molar-refractivity contribution is 5.52. The van der Waals surface area contributed by atoms with E-state index in [2.05, 4.69) is 15.3 Å². The van der Waals surface area contributed by atoms with Crippen LogP contribution in [-0.2, 0) is 6.54 Å². The second-order valence-corrected chi connectivity index (χ2v) is 4.02. The van der Waals surface area contributed by atoms with Gasteiger partial charge in [0.2, 0.25) is 0 Å². The van der Waals surface area contributed by atoms with Crippen LogP contribution < -0.4 is 11.1 Å². The number of hydrogen-bond acceptors (Lipinski definition) is 6. The molecule has 2 aromatic heterocycles. The Morgan fingerprint density at radius 2 is 2.16 bits per heavy atom. The second kappa shape index (κ2) is 5.30. The van der Waals surface area contributed by atoms with E-state index >= 15 is 0 Å². The van der Waals surface area contributed by atoms with Gasteiger partial charge in [-0.25, -0.2) is 4.98 Å². The number of nitrogens with one attached hydrogen (secondary N) is 1. The first-order valence-corrected chi connectivity index (χ1v) is 5.63. The molecule has 0 amide bonds. The third-order valence-electron chi connectivity index (χ3n) is 2.44. The van der Waals surface area contributed by atoms with Crippen molar-refractivity contribution in [2.45, 2.75) is 13.5 Å². The van der Waals surface area contributed by atoms with E-state index in [1.54, 1.807) is 0 Å². The summed E-state index contributed by atoms with van der Waals surface area (Å²) in [6, 6.07) is 8.21. The molecule has 0 fully saturated rings. The van der Waals surface area contributed by atoms with Crippen LogP contribution in [0.2, 0.25) is 0 Å². The summed E-state index contributed by atoms with van der Waals surface area (Å²) in [5.74, 6) is 0.462. The van der Waals surface area contributed by atoms with E-state index in [1.165, 1.54) is 12.1 Å². The van der Waals surface area contributed by atoms with Crippen molar-refractivity contribution in [1.82, 2.24) is 9.97 Å². The van der Waals surface area contributed by atoms with Crippen LogP contribution in [-0.4, -0.2) is 14.9 Å². The minimum absolute atomic E-state index is 0.0906. The van der Waals surface area contributed by atoms with E-state index < -0.39 is 4.92 Å². The Kier molecular flexibility index (Phi) is 3.56. The van der Waals surface area contributed by atoms with Crippen molar-refractivity contribution >= 4 is 17.3 Å². The van der Waals surface area contributed by atoms with Crippen LogP contribution in [0.15, 0.2) is 30.3 Å². The normalized spacial score (nSPS) is 10.2. The van der Waals surface area contributed by atoms with Crippen LogP contribution in [0.4, 0.5) is 17.3 Å². The molecule has 3 N–H and O–H groups in total. The quantitative estimate of drug-likeness (QED) is 0.641. The topological polar surface area (TPSA) is 107 Å². The number of nitrogens with zero attached hydrogens (tertiary/aromatic N) is 3. The van der Waals surface area contributed by atoms with E-state index in [-0.39, 0.29) is 11.5 Å². The number of nitrogens with two attached hydrogens (primary N) is 1. The van der Waals surface area contributed by atoms with E-state index in [4.69, 9.17) is 5.73 Å². The SMILES string of the molecule is Cc1cccc(CNc2cc([N+](=O)[O-])cc(N)n2)n1. The van der Waals surface area contributed by atoms with Crippen LogP contribution in [0.5, 0.6) is 0 Å². The molecule has 0 aliphatic heterocycles. The molecule has 0 spiro atoms. The van der Waals surface area contributed by atoms with Gasteiger partial charge >= 0.3 is 0 Å². The number of hydrogen-bond donors (Lipinski definition) is 2. The molecule has 19 heavy (non-hydrogen) atoms. The summed E-state index contributed by atoms with van der Waals surface area (Å²) in [6.45, 7) is 2.32. The van der Waals surface area contributed by atoms with Gasteiger partial charge in [-0.3, -0.25) is 15.1 Å².